The highest BCUT2D eigenvalue weighted by Crippen LogP contribution is 2.32. The van der Waals surface area contributed by atoms with Crippen LogP contribution in [-0.2, 0) is 0 Å². The van der Waals surface area contributed by atoms with Crippen LogP contribution in [-0.4, -0.2) is 16.9 Å². The molecule has 0 unspecified atom stereocenters. The van der Waals surface area contributed by atoms with E-state index >= 15 is 0 Å². The topological polar surface area (TPSA) is 0 Å². The molecule has 0 bridgehead atoms. The summed E-state index contributed by atoms with van der Waals surface area (Å²) in [7, 11) is -1.58. The largest absolute Gasteiger partial charge is 0.0811 e. The highest BCUT2D eigenvalue weighted by atomic mass is 28.3. The Kier molecular flexibility index (Phi) is 5.98. The zero-order valence-corrected chi connectivity index (χ0v) is 16.3. The molecule has 0 atom stereocenters. The molecule has 0 amide bonds. The summed E-state index contributed by atoms with van der Waals surface area (Å²) in [6, 6.07) is 24.5. The van der Waals surface area contributed by atoms with Gasteiger partial charge in [-0.3, -0.25) is 0 Å². The van der Waals surface area contributed by atoms with Crippen molar-refractivity contribution in [3.8, 4) is 0 Å². The van der Waals surface area contributed by atoms with E-state index in [1.54, 1.807) is 5.20 Å². The molecule has 0 nitrogen and oxygen atoms in total. The molecule has 1 radical (unpaired) electrons. The van der Waals surface area contributed by atoms with E-state index in [1.807, 2.05) is 0 Å². The Hall–Kier alpha value is -1.39. The fourth-order valence-corrected chi connectivity index (χ4v) is 8.98. The van der Waals surface area contributed by atoms with E-state index in [4.69, 9.17) is 0 Å². The summed E-state index contributed by atoms with van der Waals surface area (Å²) < 4.78 is 0. The van der Waals surface area contributed by atoms with E-state index in [-0.39, 0.29) is 8.80 Å². The lowest BCUT2D eigenvalue weighted by atomic mass is 10.1. The lowest BCUT2D eigenvalue weighted by Crippen LogP contribution is -2.29. The second-order valence-electron chi connectivity index (χ2n) is 6.93. The van der Waals surface area contributed by atoms with Gasteiger partial charge in [-0.05, 0) is 11.1 Å². The molecule has 0 fully saturated rings. The lowest BCUT2D eigenvalue weighted by molar-refractivity contribution is 1.32. The minimum Gasteiger partial charge on any atom is -0.0713 e. The van der Waals surface area contributed by atoms with Crippen LogP contribution in [0.1, 0.15) is 11.1 Å². The van der Waals surface area contributed by atoms with E-state index in [9.17, 15) is 0 Å². The molecular weight excluding hydrogens is 296 g/mol. The summed E-state index contributed by atoms with van der Waals surface area (Å²) in [4.78, 5) is 0. The molecule has 2 aromatic carbocycles. The zero-order chi connectivity index (χ0) is 16.0. The third-order valence-electron chi connectivity index (χ3n) is 4.17. The van der Waals surface area contributed by atoms with Gasteiger partial charge in [0, 0.05) is 8.80 Å². The highest BCUT2D eigenvalue weighted by Gasteiger charge is 2.27. The van der Waals surface area contributed by atoms with Crippen LogP contribution >= 0.6 is 0 Å². The van der Waals surface area contributed by atoms with Gasteiger partial charge in [0.05, 0.1) is 8.07 Å². The van der Waals surface area contributed by atoms with Gasteiger partial charge in [0.1, 0.15) is 0 Å². The second kappa shape index (κ2) is 7.75. The fourth-order valence-electron chi connectivity index (χ4n) is 2.70. The first kappa shape index (κ1) is 17.0. The average Bonchev–Trinajstić information content (AvgIpc) is 2.52. The Morgan fingerprint density at radius 3 is 2.00 bits per heavy atom. The number of hydrogen-bond acceptors (Lipinski definition) is 0. The summed E-state index contributed by atoms with van der Waals surface area (Å²) in [5.74, 6) is 0. The standard InChI is InChI=1S/C20H27Si2/c1-21(2)15-16-22(3,4)20(19-13-9-6-10-14-19)17-18-11-7-5-8-12-18/h5-14,17H,15-16H2,1-4H3. The van der Waals surface area contributed by atoms with Crippen LogP contribution < -0.4 is 0 Å². The summed E-state index contributed by atoms with van der Waals surface area (Å²) in [6.07, 6.45) is 2.43. The number of rotatable bonds is 6. The first-order valence-electron chi connectivity index (χ1n) is 8.11. The quantitative estimate of drug-likeness (QED) is 0.436. The number of hydrogen-bond donors (Lipinski definition) is 0. The molecule has 0 heterocycles. The third-order valence-corrected chi connectivity index (χ3v) is 9.32. The smallest absolute Gasteiger partial charge is 0.0713 e. The molecule has 0 spiro atoms. The maximum absolute atomic E-state index is 2.53. The molecule has 0 aliphatic heterocycles. The van der Waals surface area contributed by atoms with Gasteiger partial charge in [-0.1, -0.05) is 110 Å². The van der Waals surface area contributed by atoms with Crippen molar-refractivity contribution >= 4 is 28.1 Å². The first-order valence-corrected chi connectivity index (χ1v) is 14.0. The Morgan fingerprint density at radius 1 is 0.909 bits per heavy atom. The summed E-state index contributed by atoms with van der Waals surface area (Å²) in [5, 5.41) is 1.59. The van der Waals surface area contributed by atoms with Gasteiger partial charge in [0.25, 0.3) is 0 Å². The minimum absolute atomic E-state index is 0.147. The predicted octanol–water partition coefficient (Wildman–Crippen LogP) is 6.23. The minimum atomic E-state index is -1.43. The van der Waals surface area contributed by atoms with Gasteiger partial charge >= 0.3 is 0 Å². The third kappa shape index (κ3) is 4.82. The Bertz CT molecular complexity index is 598. The van der Waals surface area contributed by atoms with Crippen molar-refractivity contribution < 1.29 is 0 Å². The lowest BCUT2D eigenvalue weighted by Gasteiger charge is -2.27. The molecule has 2 rings (SSSR count). The van der Waals surface area contributed by atoms with Gasteiger partial charge in [-0.15, -0.1) is 0 Å². The zero-order valence-electron chi connectivity index (χ0n) is 14.3. The monoisotopic (exact) mass is 323 g/mol. The van der Waals surface area contributed by atoms with Crippen molar-refractivity contribution in [3.63, 3.8) is 0 Å². The van der Waals surface area contributed by atoms with Crippen molar-refractivity contribution in [1.29, 1.82) is 0 Å². The molecule has 22 heavy (non-hydrogen) atoms. The van der Waals surface area contributed by atoms with Gasteiger partial charge in [0.15, 0.2) is 0 Å². The van der Waals surface area contributed by atoms with Crippen molar-refractivity contribution in [2.45, 2.75) is 38.3 Å². The maximum Gasteiger partial charge on any atom is 0.0811 e. The van der Waals surface area contributed by atoms with Crippen LogP contribution in [0.5, 0.6) is 0 Å². The van der Waals surface area contributed by atoms with Gasteiger partial charge < -0.3 is 0 Å². The summed E-state index contributed by atoms with van der Waals surface area (Å²) in [5.41, 5.74) is 2.73. The van der Waals surface area contributed by atoms with E-state index in [0.29, 0.717) is 0 Å². The van der Waals surface area contributed by atoms with Crippen molar-refractivity contribution in [2.24, 2.45) is 0 Å². The van der Waals surface area contributed by atoms with Gasteiger partial charge in [0.2, 0.25) is 0 Å². The number of benzene rings is 2. The molecular formula is C20H27Si2. The van der Waals surface area contributed by atoms with Gasteiger partial charge in [-0.25, -0.2) is 0 Å². The molecule has 0 N–H and O–H groups in total. The van der Waals surface area contributed by atoms with E-state index in [2.05, 4.69) is 92.9 Å². The predicted molar refractivity (Wildman–Crippen MR) is 105 cm³/mol. The average molecular weight is 324 g/mol. The van der Waals surface area contributed by atoms with E-state index in [1.165, 1.54) is 23.2 Å². The normalized spacial score (nSPS) is 12.7. The van der Waals surface area contributed by atoms with Crippen molar-refractivity contribution in [2.75, 3.05) is 0 Å². The van der Waals surface area contributed by atoms with Crippen LogP contribution in [0.25, 0.3) is 11.3 Å². The summed E-state index contributed by atoms with van der Waals surface area (Å²) in [6.45, 7) is 9.91. The molecule has 0 aromatic heterocycles. The summed E-state index contributed by atoms with van der Waals surface area (Å²) >= 11 is 0. The molecule has 2 heteroatoms. The van der Waals surface area contributed by atoms with Crippen LogP contribution in [0.3, 0.4) is 0 Å². The molecule has 0 aliphatic rings. The Balaban J connectivity index is 2.40. The molecule has 115 valence electrons. The molecule has 0 saturated carbocycles. The van der Waals surface area contributed by atoms with Gasteiger partial charge in [-0.2, -0.15) is 0 Å². The highest BCUT2D eigenvalue weighted by molar-refractivity contribution is 6.96. The van der Waals surface area contributed by atoms with Crippen LogP contribution in [0.4, 0.5) is 0 Å². The molecule has 0 saturated heterocycles. The Morgan fingerprint density at radius 2 is 1.45 bits per heavy atom. The second-order valence-corrected chi connectivity index (χ2v) is 14.6. The maximum atomic E-state index is 2.53. The Labute approximate surface area is 138 Å². The SMILES string of the molecule is C[Si](C)CC[Si](C)(C)C(=Cc1ccccc1)c1ccccc1. The molecule has 2 aromatic rings. The van der Waals surface area contributed by atoms with E-state index < -0.39 is 8.07 Å². The fraction of sp³-hybridized carbons (Fsp3) is 0.300. The van der Waals surface area contributed by atoms with Crippen molar-refractivity contribution in [1.82, 2.24) is 0 Å². The molecule has 0 aliphatic carbocycles. The van der Waals surface area contributed by atoms with Crippen LogP contribution in [0.15, 0.2) is 60.7 Å². The van der Waals surface area contributed by atoms with Crippen LogP contribution in [0.2, 0.25) is 38.3 Å². The van der Waals surface area contributed by atoms with E-state index in [0.717, 1.165) is 0 Å². The first-order chi connectivity index (χ1) is 10.5. The van der Waals surface area contributed by atoms with Crippen molar-refractivity contribution in [3.05, 3.63) is 71.8 Å². The van der Waals surface area contributed by atoms with Crippen LogP contribution in [0, 0.1) is 0 Å².